The van der Waals surface area contributed by atoms with Crippen molar-refractivity contribution in [1.82, 2.24) is 5.43 Å². The van der Waals surface area contributed by atoms with Crippen LogP contribution in [0.25, 0.3) is 0 Å². The second-order valence-electron chi connectivity index (χ2n) is 4.41. The molecule has 0 atom stereocenters. The molecule has 1 aromatic carbocycles. The number of urea groups is 1. The second kappa shape index (κ2) is 10.2. The Morgan fingerprint density at radius 3 is 2.64 bits per heavy atom. The van der Waals surface area contributed by atoms with E-state index in [2.05, 4.69) is 10.5 Å². The van der Waals surface area contributed by atoms with Gasteiger partial charge >= 0.3 is 12.0 Å². The normalized spacial score (nSPS) is 10.4. The van der Waals surface area contributed by atoms with Crippen LogP contribution in [0.3, 0.4) is 0 Å². The summed E-state index contributed by atoms with van der Waals surface area (Å²) >= 11 is 0. The molecule has 0 aromatic heterocycles. The summed E-state index contributed by atoms with van der Waals surface area (Å²) in [5, 5.41) is 3.65. The first kappa shape index (κ1) is 17.5. The quantitative estimate of drug-likeness (QED) is 0.314. The molecule has 0 saturated carbocycles. The molecule has 0 heterocycles. The van der Waals surface area contributed by atoms with Gasteiger partial charge in [0.25, 0.3) is 0 Å². The van der Waals surface area contributed by atoms with Gasteiger partial charge in [-0.05, 0) is 49.6 Å². The molecular formula is C15H21N3O4. The van der Waals surface area contributed by atoms with Gasteiger partial charge in [0.1, 0.15) is 5.75 Å². The summed E-state index contributed by atoms with van der Waals surface area (Å²) in [7, 11) is 0. The summed E-state index contributed by atoms with van der Waals surface area (Å²) in [6.45, 7) is 2.75. The standard InChI is InChI=1S/C15H21N3O4/c1-2-21-14(19)5-3-4-10-22-13-8-6-12(7-9-13)11-17-18-15(16)20/h6-9,11H,2-5,10H2,1H3,(H3,16,18,20). The van der Waals surface area contributed by atoms with Crippen LogP contribution in [0.15, 0.2) is 29.4 Å². The fraction of sp³-hybridized carbons (Fsp3) is 0.400. The number of nitrogens with two attached hydrogens (primary N) is 1. The number of rotatable bonds is 9. The van der Waals surface area contributed by atoms with E-state index in [0.717, 1.165) is 24.2 Å². The minimum absolute atomic E-state index is 0.171. The van der Waals surface area contributed by atoms with Crippen molar-refractivity contribution in [2.24, 2.45) is 10.8 Å². The highest BCUT2D eigenvalue weighted by atomic mass is 16.5. The highest BCUT2D eigenvalue weighted by Gasteiger charge is 2.01. The molecule has 0 radical (unpaired) electrons. The molecule has 7 heteroatoms. The van der Waals surface area contributed by atoms with Gasteiger partial charge in [0.05, 0.1) is 19.4 Å². The van der Waals surface area contributed by atoms with Gasteiger partial charge < -0.3 is 15.2 Å². The lowest BCUT2D eigenvalue weighted by Crippen LogP contribution is -2.24. The number of carbonyl (C=O) groups excluding carboxylic acids is 2. The van der Waals surface area contributed by atoms with E-state index in [-0.39, 0.29) is 5.97 Å². The molecular weight excluding hydrogens is 286 g/mol. The Balaban J connectivity index is 2.23. The highest BCUT2D eigenvalue weighted by Crippen LogP contribution is 2.12. The number of hydrogen-bond acceptors (Lipinski definition) is 5. The van der Waals surface area contributed by atoms with Crippen LogP contribution in [-0.2, 0) is 9.53 Å². The summed E-state index contributed by atoms with van der Waals surface area (Å²) < 4.78 is 10.4. The van der Waals surface area contributed by atoms with Crippen LogP contribution in [0.2, 0.25) is 0 Å². The van der Waals surface area contributed by atoms with Crippen molar-refractivity contribution in [3.8, 4) is 5.75 Å². The summed E-state index contributed by atoms with van der Waals surface area (Å²) in [5.41, 5.74) is 7.81. The number of hydrazone groups is 1. The fourth-order valence-corrected chi connectivity index (χ4v) is 1.62. The molecule has 0 aliphatic rings. The maximum atomic E-state index is 11.1. The average molecular weight is 307 g/mol. The van der Waals surface area contributed by atoms with Gasteiger partial charge in [0.15, 0.2) is 0 Å². The van der Waals surface area contributed by atoms with Crippen LogP contribution in [0.4, 0.5) is 4.79 Å². The van der Waals surface area contributed by atoms with E-state index in [1.54, 1.807) is 31.2 Å². The average Bonchev–Trinajstić information content (AvgIpc) is 2.48. The predicted molar refractivity (Wildman–Crippen MR) is 82.7 cm³/mol. The van der Waals surface area contributed by atoms with Crippen molar-refractivity contribution in [3.05, 3.63) is 29.8 Å². The van der Waals surface area contributed by atoms with Crippen LogP contribution < -0.4 is 15.9 Å². The minimum atomic E-state index is -0.709. The fourth-order valence-electron chi connectivity index (χ4n) is 1.62. The number of esters is 1. The molecule has 22 heavy (non-hydrogen) atoms. The van der Waals surface area contributed by atoms with Gasteiger partial charge in [-0.1, -0.05) is 0 Å². The molecule has 2 amide bonds. The maximum absolute atomic E-state index is 11.1. The lowest BCUT2D eigenvalue weighted by molar-refractivity contribution is -0.143. The molecule has 3 N–H and O–H groups in total. The topological polar surface area (TPSA) is 103 Å². The first-order valence-electron chi connectivity index (χ1n) is 7.09. The summed E-state index contributed by atoms with van der Waals surface area (Å²) in [6.07, 6.45) is 3.42. The number of ether oxygens (including phenoxy) is 2. The number of nitrogens with zero attached hydrogens (tertiary/aromatic N) is 1. The minimum Gasteiger partial charge on any atom is -0.494 e. The van der Waals surface area contributed by atoms with Gasteiger partial charge in [-0.2, -0.15) is 5.10 Å². The number of carbonyl (C=O) groups is 2. The lowest BCUT2D eigenvalue weighted by Gasteiger charge is -2.06. The summed E-state index contributed by atoms with van der Waals surface area (Å²) in [6, 6.07) is 6.51. The Hall–Kier alpha value is -2.57. The Bertz CT molecular complexity index is 500. The van der Waals surface area contributed by atoms with Crippen molar-refractivity contribution in [2.75, 3.05) is 13.2 Å². The molecule has 0 fully saturated rings. The molecule has 1 rings (SSSR count). The Kier molecular flexibility index (Phi) is 8.10. The number of nitrogens with one attached hydrogen (secondary N) is 1. The number of primary amides is 1. The SMILES string of the molecule is CCOC(=O)CCCCOc1ccc(C=NNC(N)=O)cc1. The van der Waals surface area contributed by atoms with Crippen LogP contribution in [0, 0.1) is 0 Å². The van der Waals surface area contributed by atoms with Gasteiger partial charge in [-0.3, -0.25) is 4.79 Å². The molecule has 0 saturated heterocycles. The van der Waals surface area contributed by atoms with Gasteiger partial charge in [-0.25, -0.2) is 10.2 Å². The molecule has 1 aromatic rings. The zero-order valence-electron chi connectivity index (χ0n) is 12.6. The molecule has 0 unspecified atom stereocenters. The maximum Gasteiger partial charge on any atom is 0.332 e. The highest BCUT2D eigenvalue weighted by molar-refractivity contribution is 5.81. The molecule has 0 bridgehead atoms. The van der Waals surface area contributed by atoms with E-state index in [0.29, 0.717) is 19.6 Å². The first-order valence-corrected chi connectivity index (χ1v) is 7.09. The van der Waals surface area contributed by atoms with Crippen molar-refractivity contribution in [2.45, 2.75) is 26.2 Å². The smallest absolute Gasteiger partial charge is 0.332 e. The zero-order chi connectivity index (χ0) is 16.2. The summed E-state index contributed by atoms with van der Waals surface area (Å²) in [5.74, 6) is 0.562. The molecule has 7 nitrogen and oxygen atoms in total. The van der Waals surface area contributed by atoms with Gasteiger partial charge in [0.2, 0.25) is 0 Å². The number of benzene rings is 1. The summed E-state index contributed by atoms with van der Waals surface area (Å²) in [4.78, 5) is 21.6. The van der Waals surface area contributed by atoms with E-state index in [1.807, 2.05) is 0 Å². The third-order valence-electron chi connectivity index (χ3n) is 2.62. The third kappa shape index (κ3) is 7.88. The van der Waals surface area contributed by atoms with Crippen molar-refractivity contribution in [1.29, 1.82) is 0 Å². The Labute approximate surface area is 129 Å². The molecule has 0 aliphatic heterocycles. The van der Waals surface area contributed by atoms with Crippen LogP contribution in [-0.4, -0.2) is 31.4 Å². The van der Waals surface area contributed by atoms with Crippen LogP contribution in [0.1, 0.15) is 31.7 Å². The largest absolute Gasteiger partial charge is 0.494 e. The second-order valence-corrected chi connectivity index (χ2v) is 4.41. The Morgan fingerprint density at radius 2 is 2.00 bits per heavy atom. The monoisotopic (exact) mass is 307 g/mol. The van der Waals surface area contributed by atoms with Gasteiger partial charge in [0, 0.05) is 6.42 Å². The van der Waals surface area contributed by atoms with E-state index in [1.165, 1.54) is 6.21 Å². The van der Waals surface area contributed by atoms with Crippen molar-refractivity contribution < 1.29 is 19.1 Å². The third-order valence-corrected chi connectivity index (χ3v) is 2.62. The van der Waals surface area contributed by atoms with Crippen molar-refractivity contribution in [3.63, 3.8) is 0 Å². The number of hydrogen-bond donors (Lipinski definition) is 2. The number of amides is 2. The van der Waals surface area contributed by atoms with Crippen LogP contribution in [0.5, 0.6) is 5.75 Å². The Morgan fingerprint density at radius 1 is 1.27 bits per heavy atom. The van der Waals surface area contributed by atoms with E-state index < -0.39 is 6.03 Å². The van der Waals surface area contributed by atoms with E-state index >= 15 is 0 Å². The molecule has 0 aliphatic carbocycles. The van der Waals surface area contributed by atoms with E-state index in [9.17, 15) is 9.59 Å². The zero-order valence-corrected chi connectivity index (χ0v) is 12.6. The number of unbranched alkanes of at least 4 members (excludes halogenated alkanes) is 1. The predicted octanol–water partition coefficient (Wildman–Crippen LogP) is 1.80. The molecule has 0 spiro atoms. The first-order chi connectivity index (χ1) is 10.6. The van der Waals surface area contributed by atoms with Crippen LogP contribution >= 0.6 is 0 Å². The lowest BCUT2D eigenvalue weighted by atomic mass is 10.2. The van der Waals surface area contributed by atoms with Crippen molar-refractivity contribution >= 4 is 18.2 Å². The van der Waals surface area contributed by atoms with E-state index in [4.69, 9.17) is 15.2 Å². The molecule has 120 valence electrons. The van der Waals surface area contributed by atoms with Gasteiger partial charge in [-0.15, -0.1) is 0 Å².